The van der Waals surface area contributed by atoms with Crippen molar-refractivity contribution >= 4 is 11.8 Å². The van der Waals surface area contributed by atoms with Crippen LogP contribution >= 0.6 is 0 Å². The first-order valence-electron chi connectivity index (χ1n) is 14.4. The number of ketones is 1. The van der Waals surface area contributed by atoms with E-state index in [1.54, 1.807) is 13.8 Å². The van der Waals surface area contributed by atoms with Crippen molar-refractivity contribution < 1.29 is 24.5 Å². The van der Waals surface area contributed by atoms with Crippen LogP contribution in [0.4, 0.5) is 0 Å². The van der Waals surface area contributed by atoms with Gasteiger partial charge in [0.2, 0.25) is 0 Å². The second kappa shape index (κ2) is 9.74. The lowest BCUT2D eigenvalue weighted by molar-refractivity contribution is -0.175. The van der Waals surface area contributed by atoms with Gasteiger partial charge in [-0.1, -0.05) is 20.8 Å². The van der Waals surface area contributed by atoms with Gasteiger partial charge in [-0.3, -0.25) is 9.59 Å². The third-order valence-corrected chi connectivity index (χ3v) is 11.4. The number of carbonyl (C=O) groups is 2. The third kappa shape index (κ3) is 4.98. The van der Waals surface area contributed by atoms with Crippen LogP contribution in [0.25, 0.3) is 0 Å². The summed E-state index contributed by atoms with van der Waals surface area (Å²) < 4.78 is 5.63. The van der Waals surface area contributed by atoms with Gasteiger partial charge in [0, 0.05) is 12.8 Å². The van der Waals surface area contributed by atoms with Gasteiger partial charge in [0.1, 0.15) is 11.4 Å². The van der Waals surface area contributed by atoms with Gasteiger partial charge in [0.05, 0.1) is 12.2 Å². The molecule has 2 N–H and O–H groups in total. The van der Waals surface area contributed by atoms with Gasteiger partial charge in [-0.2, -0.15) is 0 Å². The van der Waals surface area contributed by atoms with E-state index in [0.29, 0.717) is 41.9 Å². The Kier molecular flexibility index (Phi) is 7.54. The number of hydrogen-bond donors (Lipinski definition) is 2. The summed E-state index contributed by atoms with van der Waals surface area (Å²) in [4.78, 5) is 24.0. The molecule has 10 unspecified atom stereocenters. The third-order valence-electron chi connectivity index (χ3n) is 11.4. The smallest absolute Gasteiger partial charge is 0.306 e. The molecule has 0 radical (unpaired) electrons. The lowest BCUT2D eigenvalue weighted by Gasteiger charge is -2.62. The molecule has 4 aliphatic rings. The molecule has 0 amide bonds. The Hall–Kier alpha value is -0.940. The van der Waals surface area contributed by atoms with Crippen LogP contribution in [0.3, 0.4) is 0 Å². The van der Waals surface area contributed by atoms with E-state index in [-0.39, 0.29) is 41.2 Å². The maximum Gasteiger partial charge on any atom is 0.306 e. The summed E-state index contributed by atoms with van der Waals surface area (Å²) in [6, 6.07) is 0. The molecular formula is C30H50O5. The molecule has 4 aliphatic carbocycles. The predicted molar refractivity (Wildman–Crippen MR) is 136 cm³/mol. The zero-order valence-electron chi connectivity index (χ0n) is 23.0. The maximum absolute atomic E-state index is 12.6. The Morgan fingerprint density at radius 1 is 1.03 bits per heavy atom. The highest BCUT2D eigenvalue weighted by molar-refractivity contribution is 5.77. The Balaban J connectivity index is 1.41. The molecule has 5 heteroatoms. The van der Waals surface area contributed by atoms with Crippen molar-refractivity contribution in [2.45, 2.75) is 130 Å². The number of esters is 1. The first kappa shape index (κ1) is 27.1. The van der Waals surface area contributed by atoms with Crippen molar-refractivity contribution in [2.24, 2.45) is 46.3 Å². The van der Waals surface area contributed by atoms with E-state index in [1.807, 2.05) is 0 Å². The average molecular weight is 491 g/mol. The van der Waals surface area contributed by atoms with E-state index >= 15 is 0 Å². The minimum absolute atomic E-state index is 0.0259. The van der Waals surface area contributed by atoms with Crippen LogP contribution in [0.2, 0.25) is 0 Å². The van der Waals surface area contributed by atoms with E-state index in [9.17, 15) is 19.8 Å². The number of carbonyl (C=O) groups excluding carboxylic acids is 2. The molecule has 200 valence electrons. The van der Waals surface area contributed by atoms with Crippen LogP contribution in [-0.4, -0.2) is 39.8 Å². The van der Waals surface area contributed by atoms with Gasteiger partial charge in [0.25, 0.3) is 0 Å². The van der Waals surface area contributed by atoms with Crippen LogP contribution in [-0.2, 0) is 14.3 Å². The molecule has 5 nitrogen and oxygen atoms in total. The molecule has 0 heterocycles. The number of aliphatic hydroxyl groups excluding tert-OH is 2. The fraction of sp³-hybridized carbons (Fsp3) is 0.933. The fourth-order valence-electron chi connectivity index (χ4n) is 9.70. The van der Waals surface area contributed by atoms with Crippen molar-refractivity contribution in [1.29, 1.82) is 0 Å². The highest BCUT2D eigenvalue weighted by Gasteiger charge is 2.63. The van der Waals surface area contributed by atoms with Crippen LogP contribution in [0, 0.1) is 46.3 Å². The number of aliphatic hydroxyl groups is 2. The van der Waals surface area contributed by atoms with E-state index in [4.69, 9.17) is 4.74 Å². The summed E-state index contributed by atoms with van der Waals surface area (Å²) in [5.74, 6) is 2.95. The second-order valence-electron chi connectivity index (χ2n) is 14.0. The number of rotatable bonds is 7. The molecule has 35 heavy (non-hydrogen) atoms. The van der Waals surface area contributed by atoms with E-state index in [0.717, 1.165) is 38.5 Å². The lowest BCUT2D eigenvalue weighted by Crippen LogP contribution is -2.58. The zero-order valence-corrected chi connectivity index (χ0v) is 23.0. The normalized spacial score (nSPS) is 44.1. The zero-order chi connectivity index (χ0) is 25.8. The molecule has 0 aromatic carbocycles. The van der Waals surface area contributed by atoms with Gasteiger partial charge >= 0.3 is 5.97 Å². The van der Waals surface area contributed by atoms with Crippen LogP contribution in [0.5, 0.6) is 0 Å². The molecular weight excluding hydrogens is 440 g/mol. The first-order valence-corrected chi connectivity index (χ1v) is 14.4. The molecule has 0 aromatic rings. The molecule has 4 rings (SSSR count). The summed E-state index contributed by atoms with van der Waals surface area (Å²) in [5.41, 5.74) is -0.588. The summed E-state index contributed by atoms with van der Waals surface area (Å²) in [5, 5.41) is 22.0. The number of ether oxygens (including phenoxy) is 1. The number of Topliss-reactive ketones (excluding diaryl/α,β-unsaturated/α-hetero) is 1. The number of fused-ring (bicyclic) bond motifs is 5. The van der Waals surface area contributed by atoms with Gasteiger partial charge in [-0.05, 0) is 125 Å². The van der Waals surface area contributed by atoms with Crippen molar-refractivity contribution in [3.63, 3.8) is 0 Å². The molecule has 0 saturated heterocycles. The highest BCUT2D eigenvalue weighted by atomic mass is 16.6. The summed E-state index contributed by atoms with van der Waals surface area (Å²) in [6.45, 7) is 12.2. The lowest BCUT2D eigenvalue weighted by atomic mass is 9.43. The van der Waals surface area contributed by atoms with Crippen LogP contribution in [0.15, 0.2) is 0 Å². The molecule has 0 aliphatic heterocycles. The average Bonchev–Trinajstić information content (AvgIpc) is 3.11. The molecule has 4 saturated carbocycles. The van der Waals surface area contributed by atoms with Gasteiger partial charge < -0.3 is 14.9 Å². The molecule has 10 atom stereocenters. The molecule has 0 bridgehead atoms. The van der Waals surface area contributed by atoms with E-state index in [2.05, 4.69) is 20.8 Å². The monoisotopic (exact) mass is 490 g/mol. The van der Waals surface area contributed by atoms with Crippen molar-refractivity contribution in [3.05, 3.63) is 0 Å². The van der Waals surface area contributed by atoms with Crippen molar-refractivity contribution in [2.75, 3.05) is 0 Å². The molecule has 0 spiro atoms. The summed E-state index contributed by atoms with van der Waals surface area (Å²) in [6.07, 6.45) is 9.55. The SMILES string of the molecule is CC(=O)CC(C)(C)OC(=O)CCC(C)C1CCC2C3CCC4CC(O)CCC4(C)C3CC(O)C12C. The minimum atomic E-state index is -0.755. The highest BCUT2D eigenvalue weighted by Crippen LogP contribution is 2.68. The maximum atomic E-state index is 12.6. The predicted octanol–water partition coefficient (Wildman–Crippen LogP) is 5.69. The Morgan fingerprint density at radius 2 is 1.74 bits per heavy atom. The van der Waals surface area contributed by atoms with Crippen LogP contribution < -0.4 is 0 Å². The molecule has 4 fully saturated rings. The standard InChI is InChI=1S/C30H50O5/c1-18(7-12-27(34)35-28(3,4)17-19(2)31)23-10-11-24-22-9-8-20-15-21(32)13-14-29(20,5)25(22)16-26(33)30(23,24)6/h18,20-26,32-33H,7-17H2,1-6H3. The molecule has 0 aromatic heterocycles. The van der Waals surface area contributed by atoms with Crippen molar-refractivity contribution in [3.8, 4) is 0 Å². The van der Waals surface area contributed by atoms with E-state index in [1.165, 1.54) is 26.2 Å². The number of hydrogen-bond acceptors (Lipinski definition) is 5. The van der Waals surface area contributed by atoms with Gasteiger partial charge in [-0.15, -0.1) is 0 Å². The Morgan fingerprint density at radius 3 is 2.43 bits per heavy atom. The quantitative estimate of drug-likeness (QED) is 0.448. The van der Waals surface area contributed by atoms with E-state index < -0.39 is 5.60 Å². The van der Waals surface area contributed by atoms with Crippen molar-refractivity contribution in [1.82, 2.24) is 0 Å². The topological polar surface area (TPSA) is 83.8 Å². The van der Waals surface area contributed by atoms with Crippen LogP contribution in [0.1, 0.15) is 112 Å². The summed E-state index contributed by atoms with van der Waals surface area (Å²) in [7, 11) is 0. The minimum Gasteiger partial charge on any atom is -0.459 e. The first-order chi connectivity index (χ1) is 16.3. The van der Waals surface area contributed by atoms with Gasteiger partial charge in [-0.25, -0.2) is 0 Å². The summed E-state index contributed by atoms with van der Waals surface area (Å²) >= 11 is 0. The second-order valence-corrected chi connectivity index (χ2v) is 14.0. The Bertz CT molecular complexity index is 807. The fourth-order valence-corrected chi connectivity index (χ4v) is 9.70. The Labute approximate surface area is 212 Å². The largest absolute Gasteiger partial charge is 0.459 e. The van der Waals surface area contributed by atoms with Gasteiger partial charge in [0.15, 0.2) is 0 Å².